The van der Waals surface area contributed by atoms with Crippen LogP contribution in [0.3, 0.4) is 0 Å². The highest BCUT2D eigenvalue weighted by molar-refractivity contribution is 9.10. The van der Waals surface area contributed by atoms with E-state index < -0.39 is 27.7 Å². The van der Waals surface area contributed by atoms with Gasteiger partial charge < -0.3 is 4.74 Å². The number of esters is 1. The van der Waals surface area contributed by atoms with Crippen LogP contribution in [0.5, 0.6) is 0 Å². The number of nitrogens with zero attached hydrogens (tertiary/aromatic N) is 1. The maximum Gasteiger partial charge on any atom is 0.327 e. The van der Waals surface area contributed by atoms with Crippen LogP contribution in [-0.2, 0) is 19.5 Å². The van der Waals surface area contributed by atoms with E-state index in [0.717, 1.165) is 5.06 Å². The minimum atomic E-state index is -1.07. The Labute approximate surface area is 121 Å². The van der Waals surface area contributed by atoms with Gasteiger partial charge in [0.2, 0.25) is 0 Å². The number of rotatable bonds is 4. The third-order valence-electron chi connectivity index (χ3n) is 3.18. The summed E-state index contributed by atoms with van der Waals surface area (Å²) in [6.45, 7) is 8.68. The van der Waals surface area contributed by atoms with Crippen molar-refractivity contribution in [1.29, 1.82) is 0 Å². The molecule has 1 aliphatic heterocycles. The molecule has 19 heavy (non-hydrogen) atoms. The standard InChI is InChI=1S/C13H19BrNO4/c1-6-19-11(17)9(14)10(16)8-7-12(2,3)15(18)13(8,4)5/h7,9H,6H2,1-5H3. The molecule has 0 amide bonds. The van der Waals surface area contributed by atoms with E-state index in [-0.39, 0.29) is 6.61 Å². The van der Waals surface area contributed by atoms with E-state index in [0.29, 0.717) is 5.57 Å². The molecule has 1 atom stereocenters. The lowest BCUT2D eigenvalue weighted by atomic mass is 9.91. The molecular weight excluding hydrogens is 314 g/mol. The summed E-state index contributed by atoms with van der Waals surface area (Å²) in [5.74, 6) is -1.05. The van der Waals surface area contributed by atoms with Gasteiger partial charge in [-0.3, -0.25) is 9.59 Å². The number of alkyl halides is 1. The molecule has 0 saturated heterocycles. The minimum Gasteiger partial charge on any atom is -0.465 e. The minimum absolute atomic E-state index is 0.204. The zero-order valence-electron chi connectivity index (χ0n) is 11.8. The predicted octanol–water partition coefficient (Wildman–Crippen LogP) is 2.03. The molecule has 0 bridgehead atoms. The van der Waals surface area contributed by atoms with Crippen LogP contribution in [0.1, 0.15) is 34.6 Å². The van der Waals surface area contributed by atoms with Gasteiger partial charge in [-0.2, -0.15) is 0 Å². The van der Waals surface area contributed by atoms with Crippen molar-refractivity contribution in [3.05, 3.63) is 11.6 Å². The van der Waals surface area contributed by atoms with E-state index in [2.05, 4.69) is 15.9 Å². The number of halogens is 1. The Morgan fingerprint density at radius 3 is 2.26 bits per heavy atom. The number of carbonyl (C=O) groups excluding carboxylic acids is 2. The van der Waals surface area contributed by atoms with E-state index in [4.69, 9.17) is 4.74 Å². The predicted molar refractivity (Wildman–Crippen MR) is 73.1 cm³/mol. The summed E-state index contributed by atoms with van der Waals surface area (Å²) >= 11 is 3.04. The quantitative estimate of drug-likeness (QED) is 0.449. The third kappa shape index (κ3) is 2.90. The molecule has 0 saturated carbocycles. The second kappa shape index (κ2) is 5.34. The summed E-state index contributed by atoms with van der Waals surface area (Å²) in [7, 11) is 0. The Hall–Kier alpha value is -0.720. The maximum absolute atomic E-state index is 12.3. The van der Waals surface area contributed by atoms with Gasteiger partial charge in [-0.1, -0.05) is 22.0 Å². The Morgan fingerprint density at radius 2 is 1.89 bits per heavy atom. The van der Waals surface area contributed by atoms with Crippen LogP contribution in [0.2, 0.25) is 0 Å². The van der Waals surface area contributed by atoms with Gasteiger partial charge in [0.05, 0.1) is 17.7 Å². The summed E-state index contributed by atoms with van der Waals surface area (Å²) in [4.78, 5) is 22.8. The van der Waals surface area contributed by atoms with E-state index in [1.54, 1.807) is 40.7 Å². The summed E-state index contributed by atoms with van der Waals surface area (Å²) in [5.41, 5.74) is -1.39. The fourth-order valence-electron chi connectivity index (χ4n) is 2.25. The molecule has 107 valence electrons. The van der Waals surface area contributed by atoms with Crippen LogP contribution in [0.15, 0.2) is 11.6 Å². The first kappa shape index (κ1) is 16.3. The van der Waals surface area contributed by atoms with Crippen molar-refractivity contribution in [1.82, 2.24) is 5.06 Å². The van der Waals surface area contributed by atoms with Crippen molar-refractivity contribution in [2.75, 3.05) is 6.61 Å². The Bertz CT molecular complexity index is 428. The summed E-state index contributed by atoms with van der Waals surface area (Å²) in [6.07, 6.45) is 1.62. The second-order valence-electron chi connectivity index (χ2n) is 5.54. The lowest BCUT2D eigenvalue weighted by molar-refractivity contribution is -0.238. The molecule has 0 spiro atoms. The van der Waals surface area contributed by atoms with E-state index in [1.165, 1.54) is 0 Å². The average molecular weight is 333 g/mol. The summed E-state index contributed by atoms with van der Waals surface area (Å²) in [6, 6.07) is 0. The topological polar surface area (TPSA) is 66.5 Å². The molecule has 0 fully saturated rings. The fraction of sp³-hybridized carbons (Fsp3) is 0.692. The molecule has 0 aromatic rings. The smallest absolute Gasteiger partial charge is 0.327 e. The first-order valence-electron chi connectivity index (χ1n) is 6.11. The number of carbonyl (C=O) groups is 2. The third-order valence-corrected chi connectivity index (χ3v) is 3.97. The highest BCUT2D eigenvalue weighted by Crippen LogP contribution is 2.39. The SMILES string of the molecule is CCOC(=O)C(Br)C(=O)C1=CC(C)(C)N([O])C1(C)C. The number of hydrogen-bond donors (Lipinski definition) is 0. The highest BCUT2D eigenvalue weighted by atomic mass is 79.9. The molecule has 0 N–H and O–H groups in total. The Kier molecular flexibility index (Phi) is 4.59. The molecule has 5 nitrogen and oxygen atoms in total. The van der Waals surface area contributed by atoms with Crippen molar-refractivity contribution < 1.29 is 19.5 Å². The van der Waals surface area contributed by atoms with E-state index >= 15 is 0 Å². The second-order valence-corrected chi connectivity index (χ2v) is 6.46. The molecule has 0 aromatic carbocycles. The van der Waals surface area contributed by atoms with Crippen LogP contribution < -0.4 is 0 Å². The van der Waals surface area contributed by atoms with Crippen molar-refractivity contribution in [2.24, 2.45) is 0 Å². The van der Waals surface area contributed by atoms with Crippen LogP contribution in [-0.4, -0.2) is 39.3 Å². The molecule has 0 aromatic heterocycles. The molecule has 1 heterocycles. The van der Waals surface area contributed by atoms with E-state index in [9.17, 15) is 14.8 Å². The largest absolute Gasteiger partial charge is 0.465 e. The van der Waals surface area contributed by atoms with Crippen LogP contribution in [0.4, 0.5) is 0 Å². The van der Waals surface area contributed by atoms with Crippen LogP contribution in [0, 0.1) is 0 Å². The molecule has 0 aliphatic carbocycles. The first-order valence-corrected chi connectivity index (χ1v) is 7.03. The molecule has 1 rings (SSSR count). The number of hydroxylamine groups is 2. The lowest BCUT2D eigenvalue weighted by Crippen LogP contribution is -2.48. The van der Waals surface area contributed by atoms with E-state index in [1.807, 2.05) is 0 Å². The molecule has 1 aliphatic rings. The van der Waals surface area contributed by atoms with Gasteiger partial charge in [-0.25, -0.2) is 0 Å². The van der Waals surface area contributed by atoms with Gasteiger partial charge in [-0.15, -0.1) is 10.3 Å². The van der Waals surface area contributed by atoms with Gasteiger partial charge in [-0.05, 0) is 34.6 Å². The Morgan fingerprint density at radius 1 is 1.37 bits per heavy atom. The van der Waals surface area contributed by atoms with Crippen molar-refractivity contribution in [3.63, 3.8) is 0 Å². The van der Waals surface area contributed by atoms with Gasteiger partial charge in [0.1, 0.15) is 0 Å². The van der Waals surface area contributed by atoms with Crippen LogP contribution >= 0.6 is 15.9 Å². The van der Waals surface area contributed by atoms with Gasteiger partial charge in [0, 0.05) is 5.57 Å². The lowest BCUT2D eigenvalue weighted by Gasteiger charge is -2.33. The Balaban J connectivity index is 3.03. The summed E-state index contributed by atoms with van der Waals surface area (Å²) < 4.78 is 4.81. The number of hydrogen-bond acceptors (Lipinski definition) is 4. The molecule has 6 heteroatoms. The van der Waals surface area contributed by atoms with Crippen molar-refractivity contribution >= 4 is 27.7 Å². The first-order chi connectivity index (χ1) is 8.55. The van der Waals surface area contributed by atoms with Crippen molar-refractivity contribution in [3.8, 4) is 0 Å². The number of ether oxygens (including phenoxy) is 1. The van der Waals surface area contributed by atoms with Gasteiger partial charge in [0.25, 0.3) is 0 Å². The highest BCUT2D eigenvalue weighted by Gasteiger charge is 2.50. The van der Waals surface area contributed by atoms with Gasteiger partial charge in [0.15, 0.2) is 10.6 Å². The monoisotopic (exact) mass is 332 g/mol. The molecule has 1 radical (unpaired) electrons. The van der Waals surface area contributed by atoms with Crippen molar-refractivity contribution in [2.45, 2.75) is 50.5 Å². The number of Topliss-reactive ketones (excluding diaryl/α,β-unsaturated/α-hetero) is 1. The maximum atomic E-state index is 12.3. The molecular formula is C13H19BrNO4. The van der Waals surface area contributed by atoms with Gasteiger partial charge >= 0.3 is 5.97 Å². The zero-order chi connectivity index (χ0) is 15.0. The molecule has 1 unspecified atom stereocenters. The van der Waals surface area contributed by atoms with Crippen LogP contribution in [0.25, 0.3) is 0 Å². The normalized spacial score (nSPS) is 22.8. The fourth-order valence-corrected chi connectivity index (χ4v) is 2.63. The average Bonchev–Trinajstić information content (AvgIpc) is 2.48. The zero-order valence-corrected chi connectivity index (χ0v) is 13.4. The summed E-state index contributed by atoms with van der Waals surface area (Å²) in [5, 5.41) is 13.0. The number of ketones is 1.